The molecular formula is C16H22ClNO2. The van der Waals surface area contributed by atoms with Crippen molar-refractivity contribution in [3.63, 3.8) is 0 Å². The lowest BCUT2D eigenvalue weighted by Crippen LogP contribution is -2.16. The molecule has 0 radical (unpaired) electrons. The van der Waals surface area contributed by atoms with E-state index in [2.05, 4.69) is 12.2 Å². The third-order valence-electron chi connectivity index (χ3n) is 4.13. The monoisotopic (exact) mass is 295 g/mol. The number of benzene rings is 1. The Morgan fingerprint density at radius 3 is 2.90 bits per heavy atom. The molecule has 1 aliphatic rings. The van der Waals surface area contributed by atoms with Gasteiger partial charge >= 0.3 is 5.97 Å². The molecule has 1 aliphatic carbocycles. The van der Waals surface area contributed by atoms with Gasteiger partial charge in [-0.05, 0) is 42.9 Å². The maximum Gasteiger partial charge on any atom is 0.337 e. The van der Waals surface area contributed by atoms with Gasteiger partial charge in [-0.15, -0.1) is 0 Å². The third-order valence-corrected chi connectivity index (χ3v) is 4.44. The normalized spacial score (nSPS) is 22.5. The highest BCUT2D eigenvalue weighted by Gasteiger charge is 2.18. The van der Waals surface area contributed by atoms with Gasteiger partial charge in [0.15, 0.2) is 0 Å². The van der Waals surface area contributed by atoms with E-state index in [1.165, 1.54) is 32.1 Å². The summed E-state index contributed by atoms with van der Waals surface area (Å²) < 4.78 is 0. The molecule has 2 atom stereocenters. The Bertz CT molecular complexity index is 476. The molecule has 2 unspecified atom stereocenters. The van der Waals surface area contributed by atoms with Crippen LogP contribution in [-0.2, 0) is 0 Å². The molecule has 1 fully saturated rings. The fourth-order valence-electron chi connectivity index (χ4n) is 3.04. The van der Waals surface area contributed by atoms with E-state index in [0.29, 0.717) is 0 Å². The van der Waals surface area contributed by atoms with Crippen LogP contribution in [0.1, 0.15) is 49.4 Å². The minimum atomic E-state index is -0.988. The molecule has 20 heavy (non-hydrogen) atoms. The predicted molar refractivity (Wildman–Crippen MR) is 82.6 cm³/mol. The number of carboxylic acids is 1. The van der Waals surface area contributed by atoms with E-state index >= 15 is 0 Å². The summed E-state index contributed by atoms with van der Waals surface area (Å²) in [5, 5.41) is 12.5. The fourth-order valence-corrected chi connectivity index (χ4v) is 3.30. The van der Waals surface area contributed by atoms with Crippen molar-refractivity contribution in [2.24, 2.45) is 11.8 Å². The Labute approximate surface area is 125 Å². The van der Waals surface area contributed by atoms with Crippen LogP contribution in [0.25, 0.3) is 0 Å². The number of hydrogen-bond donors (Lipinski definition) is 2. The lowest BCUT2D eigenvalue weighted by Gasteiger charge is -2.26. The van der Waals surface area contributed by atoms with Gasteiger partial charge in [0.05, 0.1) is 10.6 Å². The van der Waals surface area contributed by atoms with Crippen molar-refractivity contribution in [3.8, 4) is 0 Å². The zero-order chi connectivity index (χ0) is 14.5. The van der Waals surface area contributed by atoms with Crippen molar-refractivity contribution in [2.75, 3.05) is 11.9 Å². The van der Waals surface area contributed by atoms with Crippen molar-refractivity contribution >= 4 is 23.3 Å². The van der Waals surface area contributed by atoms with Crippen LogP contribution in [-0.4, -0.2) is 17.6 Å². The van der Waals surface area contributed by atoms with E-state index in [-0.39, 0.29) is 10.6 Å². The topological polar surface area (TPSA) is 49.3 Å². The molecule has 0 spiro atoms. The zero-order valence-corrected chi connectivity index (χ0v) is 12.6. The van der Waals surface area contributed by atoms with Crippen LogP contribution in [0.5, 0.6) is 0 Å². The van der Waals surface area contributed by atoms with Gasteiger partial charge in [-0.2, -0.15) is 0 Å². The second kappa shape index (κ2) is 6.98. The molecule has 0 aromatic heterocycles. The summed E-state index contributed by atoms with van der Waals surface area (Å²) >= 11 is 5.95. The minimum Gasteiger partial charge on any atom is -0.478 e. The Morgan fingerprint density at radius 2 is 2.25 bits per heavy atom. The summed E-state index contributed by atoms with van der Waals surface area (Å²) in [6.45, 7) is 3.25. The quantitative estimate of drug-likeness (QED) is 0.830. The maximum atomic E-state index is 10.9. The molecule has 0 saturated heterocycles. The Kier molecular flexibility index (Phi) is 5.30. The summed E-state index contributed by atoms with van der Waals surface area (Å²) in [6.07, 6.45) is 6.56. The van der Waals surface area contributed by atoms with Crippen LogP contribution in [0.4, 0.5) is 5.69 Å². The van der Waals surface area contributed by atoms with E-state index in [0.717, 1.165) is 24.1 Å². The van der Waals surface area contributed by atoms with Gasteiger partial charge in [0.2, 0.25) is 0 Å². The lowest BCUT2D eigenvalue weighted by molar-refractivity contribution is 0.0697. The standard InChI is InChI=1S/C16H22ClNO2/c1-11-3-2-4-12(9-11)7-8-18-13-5-6-14(16(19)20)15(17)10-13/h5-6,10-12,18H,2-4,7-9H2,1H3,(H,19,20). The molecule has 3 nitrogen and oxygen atoms in total. The molecule has 1 aromatic carbocycles. The highest BCUT2D eigenvalue weighted by atomic mass is 35.5. The van der Waals surface area contributed by atoms with Crippen molar-refractivity contribution in [2.45, 2.75) is 39.0 Å². The molecule has 4 heteroatoms. The molecule has 0 aliphatic heterocycles. The number of carboxylic acid groups (broad SMARTS) is 1. The molecule has 110 valence electrons. The largest absolute Gasteiger partial charge is 0.478 e. The smallest absolute Gasteiger partial charge is 0.337 e. The van der Waals surface area contributed by atoms with E-state index in [9.17, 15) is 4.79 Å². The van der Waals surface area contributed by atoms with E-state index in [1.807, 2.05) is 0 Å². The van der Waals surface area contributed by atoms with Crippen LogP contribution < -0.4 is 5.32 Å². The highest BCUT2D eigenvalue weighted by molar-refractivity contribution is 6.33. The van der Waals surface area contributed by atoms with Crippen LogP contribution in [0, 0.1) is 11.8 Å². The van der Waals surface area contributed by atoms with Crippen LogP contribution in [0.15, 0.2) is 18.2 Å². The average molecular weight is 296 g/mol. The number of hydrogen-bond acceptors (Lipinski definition) is 2. The van der Waals surface area contributed by atoms with E-state index in [1.54, 1.807) is 18.2 Å². The Morgan fingerprint density at radius 1 is 1.45 bits per heavy atom. The van der Waals surface area contributed by atoms with Crippen LogP contribution in [0.3, 0.4) is 0 Å². The molecule has 2 N–H and O–H groups in total. The second-order valence-electron chi connectivity index (χ2n) is 5.85. The number of rotatable bonds is 5. The number of nitrogens with one attached hydrogen (secondary N) is 1. The number of aromatic carboxylic acids is 1. The van der Waals surface area contributed by atoms with Crippen molar-refractivity contribution < 1.29 is 9.90 Å². The summed E-state index contributed by atoms with van der Waals surface area (Å²) in [4.78, 5) is 10.9. The Hall–Kier alpha value is -1.22. The first kappa shape index (κ1) is 15.2. The molecule has 2 rings (SSSR count). The van der Waals surface area contributed by atoms with Crippen molar-refractivity contribution in [1.29, 1.82) is 0 Å². The predicted octanol–water partition coefficient (Wildman–Crippen LogP) is 4.67. The Balaban J connectivity index is 1.82. The van der Waals surface area contributed by atoms with Gasteiger partial charge in [-0.1, -0.05) is 37.8 Å². The van der Waals surface area contributed by atoms with Crippen molar-refractivity contribution in [3.05, 3.63) is 28.8 Å². The van der Waals surface area contributed by atoms with E-state index in [4.69, 9.17) is 16.7 Å². The first-order valence-corrected chi connectivity index (χ1v) is 7.70. The molecule has 1 saturated carbocycles. The minimum absolute atomic E-state index is 0.151. The van der Waals surface area contributed by atoms with Gasteiger partial charge in [0.25, 0.3) is 0 Å². The maximum absolute atomic E-state index is 10.9. The summed E-state index contributed by atoms with van der Waals surface area (Å²) in [7, 11) is 0. The van der Waals surface area contributed by atoms with Gasteiger partial charge in [0, 0.05) is 12.2 Å². The average Bonchev–Trinajstić information content (AvgIpc) is 2.38. The number of halogens is 1. The summed E-state index contributed by atoms with van der Waals surface area (Å²) in [6, 6.07) is 5.02. The second-order valence-corrected chi connectivity index (χ2v) is 6.26. The zero-order valence-electron chi connectivity index (χ0n) is 11.9. The van der Waals surface area contributed by atoms with Crippen molar-refractivity contribution in [1.82, 2.24) is 0 Å². The molecule has 0 bridgehead atoms. The van der Waals surface area contributed by atoms with E-state index < -0.39 is 5.97 Å². The number of carbonyl (C=O) groups is 1. The van der Waals surface area contributed by atoms with Gasteiger partial charge in [0.1, 0.15) is 0 Å². The summed E-state index contributed by atoms with van der Waals surface area (Å²) in [5.41, 5.74) is 1.04. The molecular weight excluding hydrogens is 274 g/mol. The third kappa shape index (κ3) is 4.14. The lowest BCUT2D eigenvalue weighted by atomic mass is 9.81. The molecule has 0 heterocycles. The van der Waals surface area contributed by atoms with Gasteiger partial charge in [-0.3, -0.25) is 0 Å². The number of anilines is 1. The SMILES string of the molecule is CC1CCCC(CCNc2ccc(C(=O)O)c(Cl)c2)C1. The fraction of sp³-hybridized carbons (Fsp3) is 0.562. The summed E-state index contributed by atoms with van der Waals surface area (Å²) in [5.74, 6) is 0.691. The van der Waals surface area contributed by atoms with Gasteiger partial charge < -0.3 is 10.4 Å². The highest BCUT2D eigenvalue weighted by Crippen LogP contribution is 2.30. The van der Waals surface area contributed by atoms with Crippen LogP contribution >= 0.6 is 11.6 Å². The first-order chi connectivity index (χ1) is 9.56. The van der Waals surface area contributed by atoms with Gasteiger partial charge in [-0.25, -0.2) is 4.79 Å². The first-order valence-electron chi connectivity index (χ1n) is 7.33. The van der Waals surface area contributed by atoms with Crippen LogP contribution in [0.2, 0.25) is 5.02 Å². The molecule has 0 amide bonds. The molecule has 1 aromatic rings.